The van der Waals surface area contributed by atoms with Crippen LogP contribution in [-0.2, 0) is 0 Å². The molecule has 0 saturated heterocycles. The summed E-state index contributed by atoms with van der Waals surface area (Å²) in [6.07, 6.45) is 4.94. The Hall–Kier alpha value is -2.10. The summed E-state index contributed by atoms with van der Waals surface area (Å²) in [5.41, 5.74) is 6.85. The van der Waals surface area contributed by atoms with E-state index in [0.717, 1.165) is 24.3 Å². The van der Waals surface area contributed by atoms with Crippen LogP contribution >= 0.6 is 0 Å². The van der Waals surface area contributed by atoms with Crippen molar-refractivity contribution in [3.63, 3.8) is 0 Å². The fourth-order valence-corrected chi connectivity index (χ4v) is 2.88. The third-order valence-electron chi connectivity index (χ3n) is 3.93. The normalized spacial score (nSPS) is 22.0. The van der Waals surface area contributed by atoms with Crippen molar-refractivity contribution in [2.45, 2.75) is 38.7 Å². The minimum absolute atomic E-state index is 0.242. The van der Waals surface area contributed by atoms with Crippen LogP contribution in [0.15, 0.2) is 36.4 Å². The van der Waals surface area contributed by atoms with Gasteiger partial charge in [-0.25, -0.2) is 4.98 Å². The van der Waals surface area contributed by atoms with E-state index >= 15 is 0 Å². The number of nitrogens with zero attached hydrogens (tertiary/aromatic N) is 2. The Morgan fingerprint density at radius 1 is 1.14 bits per heavy atom. The van der Waals surface area contributed by atoms with Gasteiger partial charge < -0.3 is 10.5 Å². The highest BCUT2D eigenvalue weighted by Crippen LogP contribution is 2.28. The standard InChI is InChI=1S/C17H21N3O/c1-12-6-5-9-14(10-12)21-16-11-15(18)19-17(20-16)13-7-3-2-4-8-13/h2-4,7-8,11-12,14H,5-6,9-10H2,1H3,(H2,18,19,20). The van der Waals surface area contributed by atoms with Gasteiger partial charge in [0.1, 0.15) is 11.9 Å². The molecule has 0 spiro atoms. The van der Waals surface area contributed by atoms with Gasteiger partial charge in [-0.05, 0) is 25.2 Å². The number of nitrogens with two attached hydrogens (primary N) is 1. The summed E-state index contributed by atoms with van der Waals surface area (Å²) in [5, 5.41) is 0. The Labute approximate surface area is 125 Å². The average Bonchev–Trinajstić information content (AvgIpc) is 2.47. The topological polar surface area (TPSA) is 61.0 Å². The number of rotatable bonds is 3. The molecule has 1 fully saturated rings. The molecule has 110 valence electrons. The quantitative estimate of drug-likeness (QED) is 0.933. The molecule has 0 radical (unpaired) electrons. The van der Waals surface area contributed by atoms with Crippen LogP contribution in [0.25, 0.3) is 11.4 Å². The van der Waals surface area contributed by atoms with Crippen LogP contribution in [0.2, 0.25) is 0 Å². The Morgan fingerprint density at radius 2 is 1.95 bits per heavy atom. The lowest BCUT2D eigenvalue weighted by Gasteiger charge is -2.27. The van der Waals surface area contributed by atoms with Gasteiger partial charge in [0.05, 0.1) is 0 Å². The lowest BCUT2D eigenvalue weighted by atomic mass is 9.89. The number of nitrogen functional groups attached to an aromatic ring is 1. The molecule has 1 aliphatic carbocycles. The lowest BCUT2D eigenvalue weighted by Crippen LogP contribution is -2.24. The molecule has 3 rings (SSSR count). The van der Waals surface area contributed by atoms with Crippen molar-refractivity contribution in [2.75, 3.05) is 5.73 Å². The Morgan fingerprint density at radius 3 is 2.71 bits per heavy atom. The van der Waals surface area contributed by atoms with Crippen molar-refractivity contribution >= 4 is 5.82 Å². The van der Waals surface area contributed by atoms with E-state index in [-0.39, 0.29) is 6.10 Å². The van der Waals surface area contributed by atoms with Crippen LogP contribution < -0.4 is 10.5 Å². The van der Waals surface area contributed by atoms with Gasteiger partial charge in [0, 0.05) is 11.6 Å². The van der Waals surface area contributed by atoms with Crippen molar-refractivity contribution in [2.24, 2.45) is 5.92 Å². The van der Waals surface area contributed by atoms with Gasteiger partial charge in [0.15, 0.2) is 5.82 Å². The second-order valence-electron chi connectivity index (χ2n) is 5.83. The first-order valence-corrected chi connectivity index (χ1v) is 7.57. The smallest absolute Gasteiger partial charge is 0.219 e. The summed E-state index contributed by atoms with van der Waals surface area (Å²) in [5.74, 6) is 2.37. The molecule has 21 heavy (non-hydrogen) atoms. The molecule has 0 bridgehead atoms. The number of ether oxygens (including phenoxy) is 1. The summed E-state index contributed by atoms with van der Waals surface area (Å²) < 4.78 is 6.04. The highest BCUT2D eigenvalue weighted by atomic mass is 16.5. The molecule has 1 heterocycles. The summed E-state index contributed by atoms with van der Waals surface area (Å²) in [7, 11) is 0. The summed E-state index contributed by atoms with van der Waals surface area (Å²) in [6, 6.07) is 11.6. The van der Waals surface area contributed by atoms with Gasteiger partial charge in [-0.1, -0.05) is 43.7 Å². The largest absolute Gasteiger partial charge is 0.474 e. The van der Waals surface area contributed by atoms with Crippen molar-refractivity contribution in [1.29, 1.82) is 0 Å². The van der Waals surface area contributed by atoms with Gasteiger partial charge in [-0.2, -0.15) is 4.98 Å². The Balaban J connectivity index is 1.81. The van der Waals surface area contributed by atoms with Crippen LogP contribution in [0.5, 0.6) is 5.88 Å². The molecule has 2 atom stereocenters. The second kappa shape index (κ2) is 6.12. The van der Waals surface area contributed by atoms with E-state index < -0.39 is 0 Å². The van der Waals surface area contributed by atoms with E-state index in [1.807, 2.05) is 30.3 Å². The number of hydrogen-bond acceptors (Lipinski definition) is 4. The fraction of sp³-hybridized carbons (Fsp3) is 0.412. The SMILES string of the molecule is CC1CCCC(Oc2cc(N)nc(-c3ccccc3)n2)C1. The molecule has 4 heteroatoms. The van der Waals surface area contributed by atoms with Crippen LogP contribution in [0.3, 0.4) is 0 Å². The summed E-state index contributed by atoms with van der Waals surface area (Å²) >= 11 is 0. The van der Waals surface area contributed by atoms with Gasteiger partial charge in [-0.15, -0.1) is 0 Å². The monoisotopic (exact) mass is 283 g/mol. The molecule has 1 aliphatic rings. The third kappa shape index (κ3) is 3.51. The molecular weight excluding hydrogens is 262 g/mol. The zero-order chi connectivity index (χ0) is 14.7. The van der Waals surface area contributed by atoms with E-state index in [1.54, 1.807) is 6.07 Å². The van der Waals surface area contributed by atoms with Crippen LogP contribution in [0.4, 0.5) is 5.82 Å². The fourth-order valence-electron chi connectivity index (χ4n) is 2.88. The maximum Gasteiger partial charge on any atom is 0.219 e. The molecule has 0 amide bonds. The number of benzene rings is 1. The zero-order valence-corrected chi connectivity index (χ0v) is 12.3. The number of anilines is 1. The maximum absolute atomic E-state index is 6.04. The Bertz CT molecular complexity index is 600. The highest BCUT2D eigenvalue weighted by molar-refractivity contribution is 5.57. The molecule has 1 aromatic carbocycles. The first-order chi connectivity index (χ1) is 10.2. The molecule has 2 unspecified atom stereocenters. The van der Waals surface area contributed by atoms with Gasteiger partial charge in [0.25, 0.3) is 0 Å². The van der Waals surface area contributed by atoms with E-state index in [2.05, 4.69) is 16.9 Å². The predicted molar refractivity (Wildman–Crippen MR) is 83.9 cm³/mol. The predicted octanol–water partition coefficient (Wildman–Crippen LogP) is 3.68. The van der Waals surface area contributed by atoms with Crippen molar-refractivity contribution in [3.8, 4) is 17.3 Å². The number of aromatic nitrogens is 2. The lowest BCUT2D eigenvalue weighted by molar-refractivity contribution is 0.124. The molecule has 1 saturated carbocycles. The van der Waals surface area contributed by atoms with Crippen LogP contribution in [0.1, 0.15) is 32.6 Å². The molecule has 2 N–H and O–H groups in total. The summed E-state index contributed by atoms with van der Waals surface area (Å²) in [6.45, 7) is 2.28. The van der Waals surface area contributed by atoms with Gasteiger partial charge in [0.2, 0.25) is 5.88 Å². The van der Waals surface area contributed by atoms with E-state index in [4.69, 9.17) is 10.5 Å². The molecule has 1 aromatic heterocycles. The van der Waals surface area contributed by atoms with Gasteiger partial charge in [-0.3, -0.25) is 0 Å². The molecule has 0 aliphatic heterocycles. The summed E-state index contributed by atoms with van der Waals surface area (Å²) in [4.78, 5) is 8.81. The minimum Gasteiger partial charge on any atom is -0.474 e. The van der Waals surface area contributed by atoms with E-state index in [9.17, 15) is 0 Å². The van der Waals surface area contributed by atoms with Crippen LogP contribution in [0, 0.1) is 5.92 Å². The second-order valence-corrected chi connectivity index (χ2v) is 5.83. The molecule has 4 nitrogen and oxygen atoms in total. The minimum atomic E-state index is 0.242. The van der Waals surface area contributed by atoms with E-state index in [1.165, 1.54) is 12.8 Å². The zero-order valence-electron chi connectivity index (χ0n) is 12.3. The van der Waals surface area contributed by atoms with Crippen molar-refractivity contribution in [3.05, 3.63) is 36.4 Å². The van der Waals surface area contributed by atoms with Crippen molar-refractivity contribution < 1.29 is 4.74 Å². The maximum atomic E-state index is 6.04. The molecular formula is C17H21N3O. The first kappa shape index (κ1) is 13.9. The highest BCUT2D eigenvalue weighted by Gasteiger charge is 2.21. The third-order valence-corrected chi connectivity index (χ3v) is 3.93. The number of hydrogen-bond donors (Lipinski definition) is 1. The van der Waals surface area contributed by atoms with Gasteiger partial charge >= 0.3 is 0 Å². The van der Waals surface area contributed by atoms with Crippen LogP contribution in [-0.4, -0.2) is 16.1 Å². The van der Waals surface area contributed by atoms with Crippen molar-refractivity contribution in [1.82, 2.24) is 9.97 Å². The van der Waals surface area contributed by atoms with E-state index in [0.29, 0.717) is 17.5 Å². The Kier molecular flexibility index (Phi) is 4.04. The average molecular weight is 283 g/mol. The molecule has 2 aromatic rings. The first-order valence-electron chi connectivity index (χ1n) is 7.57.